The predicted octanol–water partition coefficient (Wildman–Crippen LogP) is 1.09. The van der Waals surface area contributed by atoms with Crippen LogP contribution in [0.2, 0.25) is 0 Å². The van der Waals surface area contributed by atoms with Crippen molar-refractivity contribution in [1.82, 2.24) is 14.8 Å². The summed E-state index contributed by atoms with van der Waals surface area (Å²) in [5, 5.41) is 9.13. The molecule has 0 radical (unpaired) electrons. The van der Waals surface area contributed by atoms with Crippen LogP contribution in [0, 0.1) is 0 Å². The molecule has 0 fully saturated rings. The number of sulfonamides is 1. The molecular weight excluding hydrogens is 280 g/mol. The van der Waals surface area contributed by atoms with Crippen molar-refractivity contribution in [3.63, 3.8) is 0 Å². The lowest BCUT2D eigenvalue weighted by atomic mass is 10.3. The Morgan fingerprint density at radius 1 is 1.30 bits per heavy atom. The SMILES string of the molecule is CC(C)n1ncnc1COc1ccc(S(N)(=O)=O)cc1. The highest BCUT2D eigenvalue weighted by Gasteiger charge is 2.09. The van der Waals surface area contributed by atoms with Crippen molar-refractivity contribution in [2.45, 2.75) is 31.4 Å². The summed E-state index contributed by atoms with van der Waals surface area (Å²) < 4.78 is 29.6. The average Bonchev–Trinajstić information content (AvgIpc) is 2.84. The summed E-state index contributed by atoms with van der Waals surface area (Å²) in [6.07, 6.45) is 1.47. The number of hydrogen-bond donors (Lipinski definition) is 1. The van der Waals surface area contributed by atoms with Crippen LogP contribution in [-0.2, 0) is 16.6 Å². The Labute approximate surface area is 117 Å². The van der Waals surface area contributed by atoms with Gasteiger partial charge in [-0.05, 0) is 38.1 Å². The summed E-state index contributed by atoms with van der Waals surface area (Å²) in [4.78, 5) is 4.17. The molecule has 108 valence electrons. The molecule has 0 bridgehead atoms. The van der Waals surface area contributed by atoms with E-state index < -0.39 is 10.0 Å². The van der Waals surface area contributed by atoms with E-state index in [2.05, 4.69) is 10.1 Å². The van der Waals surface area contributed by atoms with E-state index in [1.807, 2.05) is 13.8 Å². The Balaban J connectivity index is 2.06. The normalized spacial score (nSPS) is 11.8. The number of nitrogens with two attached hydrogens (primary N) is 1. The van der Waals surface area contributed by atoms with Crippen molar-refractivity contribution in [3.8, 4) is 5.75 Å². The van der Waals surface area contributed by atoms with Gasteiger partial charge in [-0.25, -0.2) is 23.2 Å². The van der Waals surface area contributed by atoms with E-state index in [0.29, 0.717) is 11.6 Å². The quantitative estimate of drug-likeness (QED) is 0.890. The van der Waals surface area contributed by atoms with Gasteiger partial charge in [0.05, 0.1) is 4.90 Å². The lowest BCUT2D eigenvalue weighted by Crippen LogP contribution is -2.12. The third-order valence-corrected chi connectivity index (χ3v) is 3.59. The first-order chi connectivity index (χ1) is 9.38. The summed E-state index contributed by atoms with van der Waals surface area (Å²) in [5.41, 5.74) is 0. The third kappa shape index (κ3) is 3.34. The van der Waals surface area contributed by atoms with Crippen LogP contribution in [0.4, 0.5) is 0 Å². The molecule has 0 aliphatic rings. The van der Waals surface area contributed by atoms with Crippen molar-refractivity contribution < 1.29 is 13.2 Å². The van der Waals surface area contributed by atoms with Gasteiger partial charge < -0.3 is 4.74 Å². The smallest absolute Gasteiger partial charge is 0.238 e. The number of aromatic nitrogens is 3. The maximum Gasteiger partial charge on any atom is 0.238 e. The number of primary sulfonamides is 1. The van der Waals surface area contributed by atoms with Crippen LogP contribution in [0.1, 0.15) is 25.7 Å². The molecule has 1 heterocycles. The van der Waals surface area contributed by atoms with Crippen molar-refractivity contribution >= 4 is 10.0 Å². The summed E-state index contributed by atoms with van der Waals surface area (Å²) in [6, 6.07) is 6.10. The van der Waals surface area contributed by atoms with Crippen LogP contribution < -0.4 is 9.88 Å². The molecule has 0 saturated heterocycles. The van der Waals surface area contributed by atoms with Crippen LogP contribution in [0.3, 0.4) is 0 Å². The maximum absolute atomic E-state index is 11.1. The van der Waals surface area contributed by atoms with E-state index in [4.69, 9.17) is 9.88 Å². The Morgan fingerprint density at radius 3 is 2.50 bits per heavy atom. The number of benzene rings is 1. The Morgan fingerprint density at radius 2 is 1.95 bits per heavy atom. The fourth-order valence-corrected chi connectivity index (χ4v) is 2.20. The van der Waals surface area contributed by atoms with Crippen LogP contribution >= 0.6 is 0 Å². The fourth-order valence-electron chi connectivity index (χ4n) is 1.68. The van der Waals surface area contributed by atoms with E-state index in [1.54, 1.807) is 16.8 Å². The zero-order valence-electron chi connectivity index (χ0n) is 11.2. The second kappa shape index (κ2) is 5.59. The van der Waals surface area contributed by atoms with Gasteiger partial charge in [0.15, 0.2) is 5.82 Å². The lowest BCUT2D eigenvalue weighted by molar-refractivity contribution is 0.282. The van der Waals surface area contributed by atoms with Crippen molar-refractivity contribution in [2.24, 2.45) is 5.14 Å². The molecule has 0 saturated carbocycles. The van der Waals surface area contributed by atoms with Crippen LogP contribution in [-0.4, -0.2) is 23.2 Å². The van der Waals surface area contributed by atoms with Crippen LogP contribution in [0.25, 0.3) is 0 Å². The van der Waals surface area contributed by atoms with Crippen LogP contribution in [0.15, 0.2) is 35.5 Å². The van der Waals surface area contributed by atoms with Gasteiger partial charge in [0, 0.05) is 6.04 Å². The molecule has 20 heavy (non-hydrogen) atoms. The molecular formula is C12H16N4O3S. The van der Waals surface area contributed by atoms with E-state index in [9.17, 15) is 8.42 Å². The van der Waals surface area contributed by atoms with Gasteiger partial charge in [-0.2, -0.15) is 5.10 Å². The zero-order chi connectivity index (χ0) is 14.8. The minimum Gasteiger partial charge on any atom is -0.486 e. The molecule has 0 aliphatic heterocycles. The largest absolute Gasteiger partial charge is 0.486 e. The number of ether oxygens (including phenoxy) is 1. The van der Waals surface area contributed by atoms with E-state index in [0.717, 1.165) is 0 Å². The Kier molecular flexibility index (Phi) is 4.05. The van der Waals surface area contributed by atoms with Gasteiger partial charge in [0.25, 0.3) is 0 Å². The van der Waals surface area contributed by atoms with Gasteiger partial charge in [-0.3, -0.25) is 0 Å². The van der Waals surface area contributed by atoms with Gasteiger partial charge >= 0.3 is 0 Å². The van der Waals surface area contributed by atoms with Crippen LogP contribution in [0.5, 0.6) is 5.75 Å². The number of rotatable bonds is 5. The second-order valence-corrected chi connectivity index (χ2v) is 6.08. The van der Waals surface area contributed by atoms with Crippen molar-refractivity contribution in [1.29, 1.82) is 0 Å². The first-order valence-corrected chi connectivity index (χ1v) is 7.56. The molecule has 8 heteroatoms. The van der Waals surface area contributed by atoms with Gasteiger partial charge in [0.2, 0.25) is 10.0 Å². The minimum atomic E-state index is -3.68. The summed E-state index contributed by atoms with van der Waals surface area (Å²) in [5.74, 6) is 1.24. The first kappa shape index (κ1) is 14.5. The Hall–Kier alpha value is -1.93. The number of nitrogens with zero attached hydrogens (tertiary/aromatic N) is 3. The monoisotopic (exact) mass is 296 g/mol. The molecule has 2 rings (SSSR count). The highest BCUT2D eigenvalue weighted by Crippen LogP contribution is 2.16. The van der Waals surface area contributed by atoms with Gasteiger partial charge in [0.1, 0.15) is 18.7 Å². The topological polar surface area (TPSA) is 100 Å². The van der Waals surface area contributed by atoms with Gasteiger partial charge in [-0.1, -0.05) is 0 Å². The predicted molar refractivity (Wildman–Crippen MR) is 72.6 cm³/mol. The standard InChI is InChI=1S/C12H16N4O3S/c1-9(2)16-12(14-8-15-16)7-19-10-3-5-11(6-4-10)20(13,17)18/h3-6,8-9H,7H2,1-2H3,(H2,13,17,18). The fraction of sp³-hybridized carbons (Fsp3) is 0.333. The number of hydrogen-bond acceptors (Lipinski definition) is 5. The first-order valence-electron chi connectivity index (χ1n) is 6.02. The molecule has 0 amide bonds. The summed E-state index contributed by atoms with van der Waals surface area (Å²) in [6.45, 7) is 4.26. The zero-order valence-corrected chi connectivity index (χ0v) is 12.0. The highest BCUT2D eigenvalue weighted by atomic mass is 32.2. The Bertz CT molecular complexity index is 677. The molecule has 1 aromatic heterocycles. The average molecular weight is 296 g/mol. The molecule has 0 aliphatic carbocycles. The molecule has 7 nitrogen and oxygen atoms in total. The lowest BCUT2D eigenvalue weighted by Gasteiger charge is -2.10. The summed E-state index contributed by atoms with van der Waals surface area (Å²) in [7, 11) is -3.68. The second-order valence-electron chi connectivity index (χ2n) is 4.52. The maximum atomic E-state index is 11.1. The molecule has 1 aromatic carbocycles. The van der Waals surface area contributed by atoms with Crippen molar-refractivity contribution in [3.05, 3.63) is 36.4 Å². The molecule has 2 aromatic rings. The minimum absolute atomic E-state index is 0.0511. The van der Waals surface area contributed by atoms with E-state index in [-0.39, 0.29) is 17.5 Å². The highest BCUT2D eigenvalue weighted by molar-refractivity contribution is 7.89. The van der Waals surface area contributed by atoms with E-state index >= 15 is 0 Å². The molecule has 0 unspecified atom stereocenters. The van der Waals surface area contributed by atoms with Gasteiger partial charge in [-0.15, -0.1) is 0 Å². The molecule has 0 atom stereocenters. The molecule has 0 spiro atoms. The summed E-state index contributed by atoms with van der Waals surface area (Å²) >= 11 is 0. The molecule has 2 N–H and O–H groups in total. The van der Waals surface area contributed by atoms with E-state index in [1.165, 1.54) is 18.5 Å². The van der Waals surface area contributed by atoms with Crippen molar-refractivity contribution in [2.75, 3.05) is 0 Å². The third-order valence-electron chi connectivity index (χ3n) is 2.66.